The predicted molar refractivity (Wildman–Crippen MR) is 77.4 cm³/mol. The topological polar surface area (TPSA) is 29.6 Å². The van der Waals surface area contributed by atoms with Crippen LogP contribution in [-0.2, 0) is 10.3 Å². The summed E-state index contributed by atoms with van der Waals surface area (Å²) in [6, 6.07) is 7.00. The summed E-state index contributed by atoms with van der Waals surface area (Å²) in [5, 5.41) is 0. The van der Waals surface area contributed by atoms with Crippen molar-refractivity contribution in [2.75, 3.05) is 6.61 Å². The zero-order valence-corrected chi connectivity index (χ0v) is 12.7. The van der Waals surface area contributed by atoms with Gasteiger partial charge in [-0.05, 0) is 52.9 Å². The van der Waals surface area contributed by atoms with Crippen molar-refractivity contribution in [1.29, 1.82) is 0 Å². The number of ketones is 1. The lowest BCUT2D eigenvalue weighted by molar-refractivity contribution is 0.0862. The van der Waals surface area contributed by atoms with Gasteiger partial charge in [0.15, 0.2) is 5.60 Å². The molecule has 1 atom stereocenters. The summed E-state index contributed by atoms with van der Waals surface area (Å²) in [6.07, 6.45) is 0. The van der Waals surface area contributed by atoms with Gasteiger partial charge in [0, 0.05) is 15.2 Å². The molecule has 2 aromatic rings. The van der Waals surface area contributed by atoms with E-state index in [1.54, 1.807) is 6.07 Å². The minimum atomic E-state index is -1.55. The first-order chi connectivity index (χ1) is 9.94. The number of hydrogen-bond donors (Lipinski definition) is 0. The van der Waals surface area contributed by atoms with Crippen molar-refractivity contribution in [2.45, 2.75) is 5.60 Å². The lowest BCUT2D eigenvalue weighted by Crippen LogP contribution is -2.25. The molecule has 0 aromatic heterocycles. The number of epoxide rings is 1. The minimum absolute atomic E-state index is 0.0557. The SMILES string of the molecule is O=C(c1ccc(I)cc1F)C1(c2ccc(F)cc2F)CO1. The summed E-state index contributed by atoms with van der Waals surface area (Å²) < 4.78 is 46.5. The Labute approximate surface area is 132 Å². The maximum absolute atomic E-state index is 13.9. The highest BCUT2D eigenvalue weighted by Gasteiger charge is 2.55. The number of rotatable bonds is 3. The molecule has 0 radical (unpaired) electrons. The molecule has 0 spiro atoms. The Morgan fingerprint density at radius 2 is 1.81 bits per heavy atom. The van der Waals surface area contributed by atoms with Crippen molar-refractivity contribution in [3.05, 3.63) is 68.5 Å². The summed E-state index contributed by atoms with van der Waals surface area (Å²) in [5.41, 5.74) is -1.80. The van der Waals surface area contributed by atoms with Crippen LogP contribution in [0.15, 0.2) is 36.4 Å². The molecule has 21 heavy (non-hydrogen) atoms. The molecule has 0 N–H and O–H groups in total. The van der Waals surface area contributed by atoms with Crippen molar-refractivity contribution in [3.63, 3.8) is 0 Å². The fraction of sp³-hybridized carbons (Fsp3) is 0.133. The molecule has 3 rings (SSSR count). The number of benzene rings is 2. The summed E-state index contributed by atoms with van der Waals surface area (Å²) in [7, 11) is 0. The van der Waals surface area contributed by atoms with Crippen LogP contribution in [0.1, 0.15) is 15.9 Å². The van der Waals surface area contributed by atoms with Crippen LogP contribution in [0.25, 0.3) is 0 Å². The first-order valence-corrected chi connectivity index (χ1v) is 7.11. The average molecular weight is 404 g/mol. The van der Waals surface area contributed by atoms with E-state index in [0.717, 1.165) is 12.1 Å². The van der Waals surface area contributed by atoms with Gasteiger partial charge in [0.2, 0.25) is 5.78 Å². The molecule has 1 saturated heterocycles. The van der Waals surface area contributed by atoms with Gasteiger partial charge in [-0.3, -0.25) is 4.79 Å². The maximum Gasteiger partial charge on any atom is 0.204 e. The van der Waals surface area contributed by atoms with E-state index in [-0.39, 0.29) is 17.7 Å². The number of Topliss-reactive ketones (excluding diaryl/α,β-unsaturated/α-hetero) is 1. The van der Waals surface area contributed by atoms with Gasteiger partial charge >= 0.3 is 0 Å². The third kappa shape index (κ3) is 2.46. The second-order valence-electron chi connectivity index (χ2n) is 4.69. The van der Waals surface area contributed by atoms with Crippen LogP contribution < -0.4 is 0 Å². The molecule has 1 aliphatic heterocycles. The molecule has 108 valence electrons. The van der Waals surface area contributed by atoms with Gasteiger partial charge in [0.25, 0.3) is 0 Å². The Bertz CT molecular complexity index is 742. The van der Waals surface area contributed by atoms with E-state index < -0.39 is 28.8 Å². The average Bonchev–Trinajstić information content (AvgIpc) is 3.19. The first-order valence-electron chi connectivity index (χ1n) is 6.03. The first kappa shape index (κ1) is 14.5. The fourth-order valence-corrected chi connectivity index (χ4v) is 2.64. The largest absolute Gasteiger partial charge is 0.356 e. The van der Waals surface area contributed by atoms with Gasteiger partial charge in [-0.1, -0.05) is 0 Å². The monoisotopic (exact) mass is 404 g/mol. The minimum Gasteiger partial charge on any atom is -0.356 e. The van der Waals surface area contributed by atoms with Crippen LogP contribution in [0.3, 0.4) is 0 Å². The molecular formula is C15H8F3IO2. The highest BCUT2D eigenvalue weighted by Crippen LogP contribution is 2.43. The van der Waals surface area contributed by atoms with Crippen LogP contribution in [0.2, 0.25) is 0 Å². The fourth-order valence-electron chi connectivity index (χ4n) is 2.19. The molecule has 6 heteroatoms. The number of carbonyl (C=O) groups excluding carboxylic acids is 1. The highest BCUT2D eigenvalue weighted by atomic mass is 127. The van der Waals surface area contributed by atoms with E-state index in [4.69, 9.17) is 4.74 Å². The summed E-state index contributed by atoms with van der Waals surface area (Å²) >= 11 is 1.92. The van der Waals surface area contributed by atoms with Crippen LogP contribution in [0.5, 0.6) is 0 Å². The normalized spacial score (nSPS) is 20.4. The summed E-state index contributed by atoms with van der Waals surface area (Å²) in [6.45, 7) is -0.0557. The van der Waals surface area contributed by atoms with Gasteiger partial charge in [-0.15, -0.1) is 0 Å². The second-order valence-corrected chi connectivity index (χ2v) is 5.94. The van der Waals surface area contributed by atoms with E-state index in [0.29, 0.717) is 9.64 Å². The second kappa shape index (κ2) is 5.10. The Balaban J connectivity index is 2.04. The molecule has 0 saturated carbocycles. The van der Waals surface area contributed by atoms with E-state index in [9.17, 15) is 18.0 Å². The standard InChI is InChI=1S/C15H8F3IO2/c16-8-1-4-11(13(18)5-8)15(7-21-15)14(20)10-3-2-9(19)6-12(10)17/h1-6H,7H2. The number of ether oxygens (including phenoxy) is 1. The quantitative estimate of drug-likeness (QED) is 0.443. The van der Waals surface area contributed by atoms with E-state index in [1.165, 1.54) is 12.1 Å². The molecule has 0 bridgehead atoms. The van der Waals surface area contributed by atoms with Crippen LogP contribution in [-0.4, -0.2) is 12.4 Å². The third-order valence-corrected chi connectivity index (χ3v) is 4.01. The van der Waals surface area contributed by atoms with Crippen molar-refractivity contribution < 1.29 is 22.7 Å². The Kier molecular flexibility index (Phi) is 3.53. The Morgan fingerprint density at radius 3 is 2.38 bits per heavy atom. The molecule has 0 amide bonds. The van der Waals surface area contributed by atoms with Gasteiger partial charge < -0.3 is 4.74 Å². The molecule has 0 aliphatic carbocycles. The van der Waals surface area contributed by atoms with Crippen molar-refractivity contribution in [2.24, 2.45) is 0 Å². The van der Waals surface area contributed by atoms with Gasteiger partial charge in [0.05, 0.1) is 12.2 Å². The lowest BCUT2D eigenvalue weighted by atomic mass is 9.90. The molecule has 1 heterocycles. The molecule has 2 nitrogen and oxygen atoms in total. The Morgan fingerprint density at radius 1 is 1.10 bits per heavy atom. The highest BCUT2D eigenvalue weighted by molar-refractivity contribution is 14.1. The molecule has 1 unspecified atom stereocenters. The van der Waals surface area contributed by atoms with Crippen LogP contribution >= 0.6 is 22.6 Å². The van der Waals surface area contributed by atoms with Crippen molar-refractivity contribution in [1.82, 2.24) is 0 Å². The molecule has 2 aromatic carbocycles. The number of carbonyl (C=O) groups is 1. The van der Waals surface area contributed by atoms with E-state index in [2.05, 4.69) is 0 Å². The number of hydrogen-bond acceptors (Lipinski definition) is 2. The van der Waals surface area contributed by atoms with E-state index in [1.807, 2.05) is 22.6 Å². The summed E-state index contributed by atoms with van der Waals surface area (Å²) in [5.74, 6) is -2.99. The predicted octanol–water partition coefficient (Wildman–Crippen LogP) is 3.82. The third-order valence-electron chi connectivity index (χ3n) is 3.34. The van der Waals surface area contributed by atoms with Crippen molar-refractivity contribution >= 4 is 28.4 Å². The maximum atomic E-state index is 13.9. The summed E-state index contributed by atoms with van der Waals surface area (Å²) in [4.78, 5) is 12.5. The zero-order valence-electron chi connectivity index (χ0n) is 10.5. The van der Waals surface area contributed by atoms with Gasteiger partial charge in [-0.2, -0.15) is 0 Å². The van der Waals surface area contributed by atoms with Gasteiger partial charge in [-0.25, -0.2) is 13.2 Å². The molecular weight excluding hydrogens is 396 g/mol. The zero-order chi connectivity index (χ0) is 15.2. The smallest absolute Gasteiger partial charge is 0.204 e. The lowest BCUT2D eigenvalue weighted by Gasteiger charge is -2.13. The number of halogens is 4. The molecule has 1 fully saturated rings. The van der Waals surface area contributed by atoms with Crippen LogP contribution in [0, 0.1) is 21.0 Å². The van der Waals surface area contributed by atoms with Crippen molar-refractivity contribution in [3.8, 4) is 0 Å². The van der Waals surface area contributed by atoms with Crippen LogP contribution in [0.4, 0.5) is 13.2 Å². The molecule has 1 aliphatic rings. The Hall–Kier alpha value is -1.41. The van der Waals surface area contributed by atoms with E-state index >= 15 is 0 Å². The van der Waals surface area contributed by atoms with Gasteiger partial charge in [0.1, 0.15) is 17.5 Å².